The molecular weight excluding hydrogens is 252 g/mol. The van der Waals surface area contributed by atoms with Crippen molar-refractivity contribution in [1.82, 2.24) is 9.97 Å². The largest absolute Gasteiger partial charge is 0.246 e. The fraction of sp³-hybridized carbons (Fsp3) is 0.125. The van der Waals surface area contributed by atoms with E-state index >= 15 is 0 Å². The average Bonchev–Trinajstić information content (AvgIpc) is 2.53. The number of aromatic nitrogens is 2. The van der Waals surface area contributed by atoms with Crippen LogP contribution in [0, 0.1) is 0 Å². The van der Waals surface area contributed by atoms with Crippen LogP contribution in [-0.2, 0) is 9.78 Å². The Morgan fingerprint density at radius 1 is 0.650 bits per heavy atom. The fourth-order valence-electron chi connectivity index (χ4n) is 3.00. The van der Waals surface area contributed by atoms with Crippen LogP contribution in [0.2, 0.25) is 0 Å². The summed E-state index contributed by atoms with van der Waals surface area (Å²) >= 11 is 0. The first kappa shape index (κ1) is 10.5. The molecule has 4 heteroatoms. The van der Waals surface area contributed by atoms with E-state index in [4.69, 9.17) is 19.7 Å². The molecule has 1 aliphatic carbocycles. The normalized spacial score (nSPS) is 22.6. The molecule has 3 aromatic rings. The van der Waals surface area contributed by atoms with Gasteiger partial charge in [-0.15, -0.1) is 0 Å². The van der Waals surface area contributed by atoms with Gasteiger partial charge < -0.3 is 0 Å². The summed E-state index contributed by atoms with van der Waals surface area (Å²) in [4.78, 5) is 20.4. The van der Waals surface area contributed by atoms with Crippen molar-refractivity contribution < 1.29 is 9.78 Å². The van der Waals surface area contributed by atoms with Gasteiger partial charge in [-0.25, -0.2) is 19.7 Å². The highest BCUT2D eigenvalue weighted by molar-refractivity contribution is 5.75. The minimum atomic E-state index is -0.275. The Morgan fingerprint density at radius 2 is 1.10 bits per heavy atom. The SMILES string of the molecule is c1ccc2c(c1)C1OOC2c2nc3ccccc3nc21. The van der Waals surface area contributed by atoms with E-state index in [1.165, 1.54) is 0 Å². The standard InChI is InChI=1S/C16H10N2O2/c1-2-6-10-9(5-1)15-13-14(16(10)20-19-15)18-12-8-4-3-7-11(12)17-13/h1-8,15-16H. The van der Waals surface area contributed by atoms with E-state index < -0.39 is 0 Å². The van der Waals surface area contributed by atoms with Crippen molar-refractivity contribution in [3.05, 3.63) is 71.0 Å². The summed E-state index contributed by atoms with van der Waals surface area (Å²) in [6, 6.07) is 16.0. The van der Waals surface area contributed by atoms with Crippen molar-refractivity contribution in [2.45, 2.75) is 12.2 Å². The van der Waals surface area contributed by atoms with E-state index in [1.54, 1.807) is 0 Å². The zero-order chi connectivity index (χ0) is 13.1. The second kappa shape index (κ2) is 3.62. The van der Waals surface area contributed by atoms with Crippen LogP contribution in [0.4, 0.5) is 0 Å². The number of rotatable bonds is 0. The van der Waals surface area contributed by atoms with E-state index in [0.717, 1.165) is 33.5 Å². The summed E-state index contributed by atoms with van der Waals surface area (Å²) in [7, 11) is 0. The Morgan fingerprint density at radius 3 is 1.60 bits per heavy atom. The maximum absolute atomic E-state index is 5.48. The van der Waals surface area contributed by atoms with E-state index in [-0.39, 0.29) is 12.2 Å². The number of hydrogen-bond donors (Lipinski definition) is 0. The highest BCUT2D eigenvalue weighted by atomic mass is 17.2. The molecule has 2 atom stereocenters. The third kappa shape index (κ3) is 1.22. The van der Waals surface area contributed by atoms with Crippen LogP contribution in [0.1, 0.15) is 34.7 Å². The minimum Gasteiger partial charge on any atom is -0.246 e. The predicted molar refractivity (Wildman–Crippen MR) is 71.8 cm³/mol. The second-order valence-electron chi connectivity index (χ2n) is 5.06. The quantitative estimate of drug-likeness (QED) is 0.584. The molecule has 0 fully saturated rings. The van der Waals surface area contributed by atoms with Crippen LogP contribution >= 0.6 is 0 Å². The third-order valence-corrected chi connectivity index (χ3v) is 3.93. The highest BCUT2D eigenvalue weighted by Gasteiger charge is 2.42. The van der Waals surface area contributed by atoms with Gasteiger partial charge >= 0.3 is 0 Å². The number of fused-ring (bicyclic) bond motifs is 2. The number of hydrogen-bond acceptors (Lipinski definition) is 4. The van der Waals surface area contributed by atoms with Crippen molar-refractivity contribution in [2.75, 3.05) is 0 Å². The molecule has 0 amide bonds. The van der Waals surface area contributed by atoms with E-state index in [1.807, 2.05) is 36.4 Å². The lowest BCUT2D eigenvalue weighted by atomic mass is 9.86. The van der Waals surface area contributed by atoms with Gasteiger partial charge in [0.25, 0.3) is 0 Å². The van der Waals surface area contributed by atoms with Crippen LogP contribution in [0.15, 0.2) is 48.5 Å². The summed E-state index contributed by atoms with van der Waals surface area (Å²) in [5.74, 6) is 0. The Hall–Kier alpha value is -2.30. The van der Waals surface area contributed by atoms with Gasteiger partial charge in [0.15, 0.2) is 12.2 Å². The van der Waals surface area contributed by atoms with E-state index in [0.29, 0.717) is 0 Å². The molecule has 2 aromatic carbocycles. The number of benzene rings is 2. The van der Waals surface area contributed by atoms with Crippen molar-refractivity contribution in [2.24, 2.45) is 0 Å². The molecule has 2 aliphatic heterocycles. The van der Waals surface area contributed by atoms with Crippen LogP contribution < -0.4 is 0 Å². The summed E-state index contributed by atoms with van der Waals surface area (Å²) in [6.07, 6.45) is -0.549. The van der Waals surface area contributed by atoms with Crippen LogP contribution in [0.3, 0.4) is 0 Å². The lowest BCUT2D eigenvalue weighted by molar-refractivity contribution is -0.362. The van der Waals surface area contributed by atoms with E-state index in [9.17, 15) is 0 Å². The van der Waals surface area contributed by atoms with Gasteiger partial charge in [-0.1, -0.05) is 36.4 Å². The second-order valence-corrected chi connectivity index (χ2v) is 5.06. The van der Waals surface area contributed by atoms with Crippen molar-refractivity contribution >= 4 is 11.0 Å². The smallest absolute Gasteiger partial charge is 0.162 e. The predicted octanol–water partition coefficient (Wildman–Crippen LogP) is 3.08. The molecule has 4 nitrogen and oxygen atoms in total. The van der Waals surface area contributed by atoms with Crippen molar-refractivity contribution in [3.8, 4) is 0 Å². The van der Waals surface area contributed by atoms with Crippen LogP contribution in [-0.4, -0.2) is 9.97 Å². The number of para-hydroxylation sites is 2. The molecule has 0 spiro atoms. The molecular formula is C16H10N2O2. The Balaban J connectivity index is 1.85. The molecule has 0 N–H and O–H groups in total. The van der Waals surface area contributed by atoms with Gasteiger partial charge in [-0.2, -0.15) is 0 Å². The lowest BCUT2D eigenvalue weighted by Gasteiger charge is -2.36. The number of nitrogens with zero attached hydrogens (tertiary/aromatic N) is 2. The summed E-state index contributed by atoms with van der Waals surface area (Å²) in [5, 5.41) is 0. The highest BCUT2D eigenvalue weighted by Crippen LogP contribution is 2.48. The van der Waals surface area contributed by atoms with Crippen LogP contribution in [0.25, 0.3) is 11.0 Å². The lowest BCUT2D eigenvalue weighted by Crippen LogP contribution is -2.30. The zero-order valence-electron chi connectivity index (χ0n) is 10.5. The van der Waals surface area contributed by atoms with Gasteiger partial charge in [-0.05, 0) is 23.3 Å². The Kier molecular flexibility index (Phi) is 1.90. The fourth-order valence-corrected chi connectivity index (χ4v) is 3.00. The molecule has 1 aromatic heterocycles. The third-order valence-electron chi connectivity index (χ3n) is 3.93. The molecule has 0 saturated carbocycles. The summed E-state index contributed by atoms with van der Waals surface area (Å²) < 4.78 is 0. The Labute approximate surface area is 114 Å². The Bertz CT molecular complexity index is 777. The monoisotopic (exact) mass is 262 g/mol. The molecule has 3 heterocycles. The molecule has 20 heavy (non-hydrogen) atoms. The molecule has 0 saturated heterocycles. The van der Waals surface area contributed by atoms with Gasteiger partial charge in [0.1, 0.15) is 11.4 Å². The molecule has 3 aliphatic rings. The molecule has 6 rings (SSSR count). The topological polar surface area (TPSA) is 44.2 Å². The van der Waals surface area contributed by atoms with Gasteiger partial charge in [0.2, 0.25) is 0 Å². The van der Waals surface area contributed by atoms with Crippen molar-refractivity contribution in [3.63, 3.8) is 0 Å². The average molecular weight is 262 g/mol. The van der Waals surface area contributed by atoms with Crippen LogP contribution in [0.5, 0.6) is 0 Å². The first-order chi connectivity index (χ1) is 9.92. The first-order valence-electron chi connectivity index (χ1n) is 6.59. The van der Waals surface area contributed by atoms with Gasteiger partial charge in [-0.3, -0.25) is 0 Å². The maximum atomic E-state index is 5.48. The first-order valence-corrected chi connectivity index (χ1v) is 6.59. The molecule has 2 bridgehead atoms. The van der Waals surface area contributed by atoms with Crippen molar-refractivity contribution in [1.29, 1.82) is 0 Å². The minimum absolute atomic E-state index is 0.275. The molecule has 96 valence electrons. The van der Waals surface area contributed by atoms with Gasteiger partial charge in [0, 0.05) is 0 Å². The summed E-state index contributed by atoms with van der Waals surface area (Å²) in [6.45, 7) is 0. The van der Waals surface area contributed by atoms with E-state index in [2.05, 4.69) is 12.1 Å². The molecule has 0 radical (unpaired) electrons. The van der Waals surface area contributed by atoms with Gasteiger partial charge in [0.05, 0.1) is 11.0 Å². The molecule has 2 unspecified atom stereocenters. The zero-order valence-corrected chi connectivity index (χ0v) is 10.5. The summed E-state index contributed by atoms with van der Waals surface area (Å²) in [5.41, 5.74) is 5.78. The maximum Gasteiger partial charge on any atom is 0.162 e.